The number of hydrazine groups is 1. The Labute approximate surface area is 111 Å². The molecular weight excluding hydrogens is 272 g/mol. The van der Waals surface area contributed by atoms with Crippen LogP contribution in [0.25, 0.3) is 0 Å². The highest BCUT2D eigenvalue weighted by Gasteiger charge is 2.15. The minimum absolute atomic E-state index is 0.0525. The third-order valence-corrected chi connectivity index (χ3v) is 3.07. The van der Waals surface area contributed by atoms with Crippen LogP contribution in [0.1, 0.15) is 10.4 Å². The third-order valence-electron chi connectivity index (χ3n) is 2.29. The predicted molar refractivity (Wildman–Crippen MR) is 72.2 cm³/mol. The molecule has 104 valence electrons. The number of nitro groups is 1. The van der Waals surface area contributed by atoms with Gasteiger partial charge in [0.1, 0.15) is 5.69 Å². The summed E-state index contributed by atoms with van der Waals surface area (Å²) in [5.41, 5.74) is 2.25. The van der Waals surface area contributed by atoms with Crippen LogP contribution in [0.3, 0.4) is 0 Å². The molecule has 1 rings (SSSR count). The largest absolute Gasteiger partial charge is 0.351 e. The zero-order valence-electron chi connectivity index (χ0n) is 10.2. The average Bonchev–Trinajstić information content (AvgIpc) is 2.37. The number of nitrogens with one attached hydrogen (secondary N) is 2. The molecular formula is C10H14N4O4S. The van der Waals surface area contributed by atoms with E-state index in [9.17, 15) is 19.1 Å². The van der Waals surface area contributed by atoms with E-state index in [1.54, 1.807) is 0 Å². The standard InChI is InChI=1S/C10H14N4O4S/c1-19(18)5-4-12-10(15)7-2-3-9(14(16)17)8(6-7)13-11/h2-3,6,13H,4-5,11H2,1H3,(H,12,15). The van der Waals surface area contributed by atoms with Gasteiger partial charge in [0.25, 0.3) is 11.6 Å². The summed E-state index contributed by atoms with van der Waals surface area (Å²) < 4.78 is 10.8. The second-order valence-corrected chi connectivity index (χ2v) is 5.22. The van der Waals surface area contributed by atoms with Crippen molar-refractivity contribution in [1.29, 1.82) is 0 Å². The van der Waals surface area contributed by atoms with Gasteiger partial charge in [0, 0.05) is 41.0 Å². The topological polar surface area (TPSA) is 127 Å². The number of amides is 1. The van der Waals surface area contributed by atoms with Gasteiger partial charge in [-0.3, -0.25) is 25.0 Å². The predicted octanol–water partition coefficient (Wildman–Crippen LogP) is -0.0113. The highest BCUT2D eigenvalue weighted by molar-refractivity contribution is 7.84. The molecule has 0 fully saturated rings. The van der Waals surface area contributed by atoms with Crippen LogP contribution in [-0.2, 0) is 10.8 Å². The van der Waals surface area contributed by atoms with Crippen molar-refractivity contribution in [2.45, 2.75) is 0 Å². The quantitative estimate of drug-likeness (QED) is 0.383. The molecule has 1 aromatic rings. The first-order valence-electron chi connectivity index (χ1n) is 5.29. The molecule has 1 aromatic carbocycles. The first-order chi connectivity index (χ1) is 8.95. The lowest BCUT2D eigenvalue weighted by molar-refractivity contribution is -0.384. The van der Waals surface area contributed by atoms with E-state index in [2.05, 4.69) is 10.7 Å². The minimum Gasteiger partial charge on any atom is -0.351 e. The number of nitro benzene ring substituents is 1. The van der Waals surface area contributed by atoms with Gasteiger partial charge in [-0.05, 0) is 12.1 Å². The Morgan fingerprint density at radius 2 is 2.21 bits per heavy atom. The summed E-state index contributed by atoms with van der Waals surface area (Å²) in [5, 5.41) is 13.2. The van der Waals surface area contributed by atoms with Crippen LogP contribution in [-0.4, -0.2) is 33.6 Å². The highest BCUT2D eigenvalue weighted by atomic mass is 32.2. The van der Waals surface area contributed by atoms with Gasteiger partial charge in [0.05, 0.1) is 4.92 Å². The Balaban J connectivity index is 2.81. The lowest BCUT2D eigenvalue weighted by Gasteiger charge is -2.06. The van der Waals surface area contributed by atoms with E-state index in [4.69, 9.17) is 5.84 Å². The van der Waals surface area contributed by atoms with E-state index in [0.717, 1.165) is 0 Å². The number of anilines is 1. The van der Waals surface area contributed by atoms with Crippen molar-refractivity contribution in [3.05, 3.63) is 33.9 Å². The molecule has 1 atom stereocenters. The summed E-state index contributed by atoms with van der Waals surface area (Å²) in [7, 11) is -0.991. The molecule has 0 spiro atoms. The fraction of sp³-hybridized carbons (Fsp3) is 0.300. The van der Waals surface area contributed by atoms with Crippen LogP contribution in [0.5, 0.6) is 0 Å². The molecule has 0 radical (unpaired) electrons. The van der Waals surface area contributed by atoms with Gasteiger partial charge in [-0.25, -0.2) is 0 Å². The molecule has 9 heteroatoms. The number of nitrogen functional groups attached to an aromatic ring is 1. The van der Waals surface area contributed by atoms with Gasteiger partial charge >= 0.3 is 0 Å². The van der Waals surface area contributed by atoms with Crippen molar-refractivity contribution in [3.63, 3.8) is 0 Å². The zero-order chi connectivity index (χ0) is 14.4. The highest BCUT2D eigenvalue weighted by Crippen LogP contribution is 2.24. The molecule has 0 bridgehead atoms. The number of hydrogen-bond acceptors (Lipinski definition) is 6. The normalized spacial score (nSPS) is 11.7. The molecule has 0 heterocycles. The van der Waals surface area contributed by atoms with Gasteiger partial charge in [0.2, 0.25) is 0 Å². The van der Waals surface area contributed by atoms with Gasteiger partial charge < -0.3 is 10.7 Å². The van der Waals surface area contributed by atoms with Gasteiger partial charge in [0.15, 0.2) is 0 Å². The molecule has 4 N–H and O–H groups in total. The van der Waals surface area contributed by atoms with E-state index in [1.165, 1.54) is 24.5 Å². The maximum Gasteiger partial charge on any atom is 0.293 e. The summed E-state index contributed by atoms with van der Waals surface area (Å²) in [6, 6.07) is 3.82. The fourth-order valence-corrected chi connectivity index (χ4v) is 1.75. The maximum atomic E-state index is 11.7. The molecule has 0 saturated heterocycles. The van der Waals surface area contributed by atoms with Gasteiger partial charge in [-0.15, -0.1) is 0 Å². The van der Waals surface area contributed by atoms with Gasteiger partial charge in [-0.1, -0.05) is 0 Å². The molecule has 8 nitrogen and oxygen atoms in total. The molecule has 0 aliphatic heterocycles. The fourth-order valence-electron chi connectivity index (χ4n) is 1.36. The molecule has 1 unspecified atom stereocenters. The molecule has 1 amide bonds. The van der Waals surface area contributed by atoms with E-state index in [1.807, 2.05) is 0 Å². The second-order valence-electron chi connectivity index (χ2n) is 3.67. The van der Waals surface area contributed by atoms with Crippen LogP contribution in [0.15, 0.2) is 18.2 Å². The summed E-state index contributed by atoms with van der Waals surface area (Å²) >= 11 is 0. The van der Waals surface area contributed by atoms with E-state index >= 15 is 0 Å². The van der Waals surface area contributed by atoms with E-state index in [-0.39, 0.29) is 23.5 Å². The summed E-state index contributed by atoms with van der Waals surface area (Å²) in [6.45, 7) is 0.268. The van der Waals surface area contributed by atoms with Crippen LogP contribution >= 0.6 is 0 Å². The number of rotatable bonds is 6. The van der Waals surface area contributed by atoms with Crippen molar-refractivity contribution in [2.75, 3.05) is 24.0 Å². The number of nitrogens with zero attached hydrogens (tertiary/aromatic N) is 1. The third kappa shape index (κ3) is 4.30. The Kier molecular flexibility index (Phi) is 5.39. The monoisotopic (exact) mass is 286 g/mol. The number of benzene rings is 1. The second kappa shape index (κ2) is 6.81. The SMILES string of the molecule is CS(=O)CCNC(=O)c1ccc([N+](=O)[O-])c(NN)c1. The van der Waals surface area contributed by atoms with E-state index < -0.39 is 21.6 Å². The Morgan fingerprint density at radius 3 is 2.74 bits per heavy atom. The van der Waals surface area contributed by atoms with Crippen molar-refractivity contribution in [1.82, 2.24) is 5.32 Å². The first kappa shape index (κ1) is 15.1. The zero-order valence-corrected chi connectivity index (χ0v) is 11.0. The Bertz CT molecular complexity index is 520. The van der Waals surface area contributed by atoms with Crippen LogP contribution in [0, 0.1) is 10.1 Å². The van der Waals surface area contributed by atoms with Crippen LogP contribution in [0.4, 0.5) is 11.4 Å². The minimum atomic E-state index is -0.991. The lowest BCUT2D eigenvalue weighted by atomic mass is 10.1. The lowest BCUT2D eigenvalue weighted by Crippen LogP contribution is -2.27. The molecule has 0 aliphatic rings. The van der Waals surface area contributed by atoms with Crippen molar-refractivity contribution in [3.8, 4) is 0 Å². The van der Waals surface area contributed by atoms with Crippen LogP contribution < -0.4 is 16.6 Å². The summed E-state index contributed by atoms with van der Waals surface area (Å²) in [6.07, 6.45) is 1.54. The van der Waals surface area contributed by atoms with Crippen LogP contribution in [0.2, 0.25) is 0 Å². The maximum absolute atomic E-state index is 11.7. The number of carbonyl (C=O) groups excluding carboxylic acids is 1. The number of carbonyl (C=O) groups is 1. The first-order valence-corrected chi connectivity index (χ1v) is 7.01. The molecule has 19 heavy (non-hydrogen) atoms. The average molecular weight is 286 g/mol. The molecule has 0 aromatic heterocycles. The van der Waals surface area contributed by atoms with Crippen molar-refractivity contribution >= 4 is 28.1 Å². The summed E-state index contributed by atoms with van der Waals surface area (Å²) in [5.74, 6) is 5.11. The van der Waals surface area contributed by atoms with Gasteiger partial charge in [-0.2, -0.15) is 0 Å². The molecule has 0 aliphatic carbocycles. The number of nitrogens with two attached hydrogens (primary N) is 1. The van der Waals surface area contributed by atoms with Crippen molar-refractivity contribution in [2.24, 2.45) is 5.84 Å². The smallest absolute Gasteiger partial charge is 0.293 e. The summed E-state index contributed by atoms with van der Waals surface area (Å²) in [4.78, 5) is 21.8. The molecule has 0 saturated carbocycles. The van der Waals surface area contributed by atoms with Crippen molar-refractivity contribution < 1.29 is 13.9 Å². The number of hydrogen-bond donors (Lipinski definition) is 3. The Morgan fingerprint density at radius 1 is 1.53 bits per heavy atom. The Hall–Kier alpha value is -2.00. The van der Waals surface area contributed by atoms with E-state index in [0.29, 0.717) is 5.75 Å².